The first-order chi connectivity index (χ1) is 19.4. The van der Waals surface area contributed by atoms with Crippen LogP contribution in [0.5, 0.6) is 0 Å². The van der Waals surface area contributed by atoms with Crippen LogP contribution in [0.15, 0.2) is 18.7 Å². The van der Waals surface area contributed by atoms with Gasteiger partial charge >= 0.3 is 0 Å². The van der Waals surface area contributed by atoms with Crippen LogP contribution in [0, 0.1) is 24.7 Å². The average molecular weight is 582 g/mol. The van der Waals surface area contributed by atoms with Crippen LogP contribution in [0.3, 0.4) is 0 Å². The zero-order valence-corrected chi connectivity index (χ0v) is 25.3. The van der Waals surface area contributed by atoms with Crippen molar-refractivity contribution in [3.63, 3.8) is 0 Å². The first-order valence-electron chi connectivity index (χ1n) is 14.6. The van der Waals surface area contributed by atoms with Gasteiger partial charge in [-0.1, -0.05) is 18.2 Å². The molecule has 220 valence electrons. The summed E-state index contributed by atoms with van der Waals surface area (Å²) >= 11 is 7.01. The number of amides is 1. The number of benzene rings is 1. The molecule has 3 N–H and O–H groups in total. The fourth-order valence-electron chi connectivity index (χ4n) is 7.82. The van der Waals surface area contributed by atoms with Gasteiger partial charge in [-0.25, -0.2) is 4.39 Å². The van der Waals surface area contributed by atoms with Gasteiger partial charge in [-0.2, -0.15) is 5.10 Å². The lowest BCUT2D eigenvalue weighted by Gasteiger charge is -2.58. The monoisotopic (exact) mass is 581 g/mol. The molecule has 0 radical (unpaired) electrons. The minimum atomic E-state index is -0.710. The summed E-state index contributed by atoms with van der Waals surface area (Å²) in [6, 6.07) is 2.40. The Bertz CT molecular complexity index is 1410. The smallest absolute Gasteiger partial charge is 0.245 e. The van der Waals surface area contributed by atoms with E-state index in [9.17, 15) is 9.18 Å². The Kier molecular flexibility index (Phi) is 6.77. The molecular formula is C31H41ClFN7O. The number of hydrogen-bond acceptors (Lipinski definition) is 6. The SMILES string of the molecule is C=CC(=O)N1CC2(CC(n3nc(N4CCC(N5CC(F)C5)CC4(C)C)c(-c4c(Cl)c(C)cc(N)c4C=N)c3C)C2)C1. The summed E-state index contributed by atoms with van der Waals surface area (Å²) in [5.74, 6) is 0.863. The Morgan fingerprint density at radius 1 is 1.20 bits per heavy atom. The highest BCUT2D eigenvalue weighted by molar-refractivity contribution is 6.35. The normalized spacial score (nSPS) is 24.1. The van der Waals surface area contributed by atoms with E-state index in [1.165, 1.54) is 12.3 Å². The maximum Gasteiger partial charge on any atom is 0.245 e. The number of aromatic nitrogens is 2. The highest BCUT2D eigenvalue weighted by Crippen LogP contribution is 2.56. The number of nitrogens with one attached hydrogen (secondary N) is 1. The summed E-state index contributed by atoms with van der Waals surface area (Å²) < 4.78 is 15.8. The van der Waals surface area contributed by atoms with Crippen LogP contribution in [-0.2, 0) is 4.79 Å². The summed E-state index contributed by atoms with van der Waals surface area (Å²) in [7, 11) is 0. The predicted molar refractivity (Wildman–Crippen MR) is 163 cm³/mol. The first kappa shape index (κ1) is 28.2. The molecule has 1 unspecified atom stereocenters. The maximum atomic E-state index is 13.7. The van der Waals surface area contributed by atoms with Gasteiger partial charge in [0.1, 0.15) is 6.17 Å². The number of aryl methyl sites for hydroxylation is 1. The summed E-state index contributed by atoms with van der Waals surface area (Å²) in [5, 5.41) is 14.1. The number of nitrogen functional groups attached to an aromatic ring is 1. The molecule has 2 aromatic rings. The largest absolute Gasteiger partial charge is 0.398 e. The molecule has 8 nitrogen and oxygen atoms in total. The number of alkyl halides is 1. The van der Waals surface area contributed by atoms with Gasteiger partial charge in [-0.15, -0.1) is 0 Å². The molecule has 1 amide bonds. The molecule has 1 spiro atoms. The van der Waals surface area contributed by atoms with Crippen LogP contribution in [0.25, 0.3) is 11.1 Å². The number of halogens is 2. The van der Waals surface area contributed by atoms with Gasteiger partial charge in [0.2, 0.25) is 5.91 Å². The standard InChI is InChI=1S/C31H41ClFN7O/c1-6-25(41)38-16-31(17-38)11-22(12-31)40-19(3)26(27-23(13-34)24(35)9-18(2)28(27)32)29(36-40)39-8-7-21(10-30(39,4)5)37-14-20(33)15-37/h6,9,13,20-22,34H,1,7-8,10-12,14-17,35H2,2-5H3. The highest BCUT2D eigenvalue weighted by Gasteiger charge is 2.55. The van der Waals surface area contributed by atoms with Crippen LogP contribution in [-0.4, -0.2) is 82.2 Å². The quantitative estimate of drug-likeness (QED) is 0.279. The third-order valence-electron chi connectivity index (χ3n) is 10.1. The second-order valence-electron chi connectivity index (χ2n) is 13.4. The van der Waals surface area contributed by atoms with Crippen LogP contribution in [0.4, 0.5) is 15.9 Å². The molecule has 4 fully saturated rings. The average Bonchev–Trinajstić information content (AvgIpc) is 3.17. The second-order valence-corrected chi connectivity index (χ2v) is 13.8. The minimum Gasteiger partial charge on any atom is -0.398 e. The Hall–Kier alpha value is -2.91. The fraction of sp³-hybridized carbons (Fsp3) is 0.581. The number of nitrogens with two attached hydrogens (primary N) is 1. The van der Waals surface area contributed by atoms with Crippen molar-refractivity contribution in [1.82, 2.24) is 19.6 Å². The van der Waals surface area contributed by atoms with Crippen molar-refractivity contribution in [3.05, 3.63) is 40.6 Å². The number of hydrogen-bond donors (Lipinski definition) is 2. The molecule has 1 aliphatic carbocycles. The van der Waals surface area contributed by atoms with Gasteiger partial charge in [-0.3, -0.25) is 14.4 Å². The molecule has 3 saturated heterocycles. The van der Waals surface area contributed by atoms with E-state index in [1.54, 1.807) is 0 Å². The van der Waals surface area contributed by atoms with Gasteiger partial charge in [0.15, 0.2) is 5.82 Å². The molecule has 1 atom stereocenters. The third-order valence-corrected chi connectivity index (χ3v) is 10.5. The van der Waals surface area contributed by atoms with Crippen molar-refractivity contribution in [2.45, 2.75) is 77.2 Å². The van der Waals surface area contributed by atoms with E-state index in [1.807, 2.05) is 17.9 Å². The number of nitrogens with zero attached hydrogens (tertiary/aromatic N) is 5. The van der Waals surface area contributed by atoms with Gasteiger partial charge in [0.25, 0.3) is 0 Å². The van der Waals surface area contributed by atoms with Gasteiger partial charge in [-0.05, 0) is 71.1 Å². The Morgan fingerprint density at radius 2 is 1.88 bits per heavy atom. The lowest BCUT2D eigenvalue weighted by atomic mass is 9.60. The topological polar surface area (TPSA) is 94.5 Å². The number of piperidine rings is 1. The lowest BCUT2D eigenvalue weighted by molar-refractivity contribution is -0.149. The third kappa shape index (κ3) is 4.47. The zero-order chi connectivity index (χ0) is 29.4. The molecule has 4 aliphatic rings. The zero-order valence-electron chi connectivity index (χ0n) is 24.5. The van der Waals surface area contributed by atoms with E-state index < -0.39 is 6.17 Å². The van der Waals surface area contributed by atoms with Crippen LogP contribution in [0.1, 0.15) is 62.4 Å². The van der Waals surface area contributed by atoms with E-state index in [4.69, 9.17) is 27.8 Å². The van der Waals surface area contributed by atoms with Crippen molar-refractivity contribution < 1.29 is 9.18 Å². The Labute approximate surface area is 246 Å². The van der Waals surface area contributed by atoms with Crippen molar-refractivity contribution in [3.8, 4) is 11.1 Å². The van der Waals surface area contributed by atoms with E-state index in [2.05, 4.69) is 41.8 Å². The summed E-state index contributed by atoms with van der Waals surface area (Å²) in [5.41, 5.74) is 11.1. The molecule has 1 aromatic heterocycles. The summed E-state index contributed by atoms with van der Waals surface area (Å²) in [6.45, 7) is 15.5. The Balaban J connectivity index is 1.38. The van der Waals surface area contributed by atoms with E-state index in [-0.39, 0.29) is 22.9 Å². The van der Waals surface area contributed by atoms with E-state index >= 15 is 0 Å². The second kappa shape index (κ2) is 9.83. The van der Waals surface area contributed by atoms with Crippen molar-refractivity contribution in [1.29, 1.82) is 5.41 Å². The van der Waals surface area contributed by atoms with Gasteiger partial charge < -0.3 is 20.9 Å². The Morgan fingerprint density at radius 3 is 2.46 bits per heavy atom. The molecule has 41 heavy (non-hydrogen) atoms. The number of anilines is 2. The van der Waals surface area contributed by atoms with Crippen LogP contribution < -0.4 is 10.6 Å². The van der Waals surface area contributed by atoms with E-state index in [0.717, 1.165) is 73.5 Å². The van der Waals surface area contributed by atoms with Crippen LogP contribution >= 0.6 is 11.6 Å². The summed E-state index contributed by atoms with van der Waals surface area (Å²) in [6.07, 6.45) is 5.73. The molecular weight excluding hydrogens is 541 g/mol. The predicted octanol–water partition coefficient (Wildman–Crippen LogP) is 5.15. The summed E-state index contributed by atoms with van der Waals surface area (Å²) in [4.78, 5) is 18.6. The number of likely N-dealkylation sites (tertiary alicyclic amines) is 2. The van der Waals surface area contributed by atoms with E-state index in [0.29, 0.717) is 35.4 Å². The van der Waals surface area contributed by atoms with Gasteiger partial charge in [0.05, 0.1) is 11.1 Å². The lowest BCUT2D eigenvalue weighted by Crippen LogP contribution is -2.63. The first-order valence-corrected chi connectivity index (χ1v) is 15.0. The fourth-order valence-corrected chi connectivity index (χ4v) is 8.07. The number of carbonyl (C=O) groups is 1. The molecule has 3 aliphatic heterocycles. The van der Waals surface area contributed by atoms with Gasteiger partial charge in [0, 0.05) is 84.0 Å². The number of rotatable bonds is 6. The molecule has 0 bridgehead atoms. The van der Waals surface area contributed by atoms with Crippen LogP contribution in [0.2, 0.25) is 5.02 Å². The molecule has 6 rings (SSSR count). The molecule has 10 heteroatoms. The van der Waals surface area contributed by atoms with Crippen molar-refractivity contribution in [2.75, 3.05) is 43.4 Å². The number of carbonyl (C=O) groups excluding carboxylic acids is 1. The van der Waals surface area contributed by atoms with Crippen molar-refractivity contribution in [2.24, 2.45) is 5.41 Å². The molecule has 4 heterocycles. The van der Waals surface area contributed by atoms with Crippen molar-refractivity contribution >= 4 is 35.2 Å². The molecule has 1 aromatic carbocycles. The maximum absolute atomic E-state index is 13.7. The minimum absolute atomic E-state index is 0.00401. The highest BCUT2D eigenvalue weighted by atomic mass is 35.5. The molecule has 1 saturated carbocycles.